The molecular weight excluding hydrogens is 411 g/mol. The fourth-order valence-electron chi connectivity index (χ4n) is 4.97. The van der Waals surface area contributed by atoms with E-state index in [1.54, 1.807) is 0 Å². The molecule has 1 heterocycles. The second kappa shape index (κ2) is 8.31. The molecule has 0 aliphatic heterocycles. The molecule has 4 N–H and O–H groups in total. The lowest BCUT2D eigenvalue weighted by atomic mass is 9.75. The highest BCUT2D eigenvalue weighted by molar-refractivity contribution is 6.00. The Morgan fingerprint density at radius 1 is 1.28 bits per heavy atom. The number of aliphatic hydroxyl groups excluding tert-OH is 1. The van der Waals surface area contributed by atoms with E-state index in [-0.39, 0.29) is 40.3 Å². The zero-order chi connectivity index (χ0) is 23.2. The van der Waals surface area contributed by atoms with Crippen LogP contribution in [0.2, 0.25) is 0 Å². The number of hydrogen-bond donors (Lipinski definition) is 3. The lowest BCUT2D eigenvalue weighted by Gasteiger charge is -2.30. The Morgan fingerprint density at radius 3 is 2.59 bits per heavy atom. The smallest absolute Gasteiger partial charge is 0.250 e. The molecule has 0 spiro atoms. The monoisotopic (exact) mass is 442 g/mol. The number of nitrogens with one attached hydrogen (secondary N) is 1. The van der Waals surface area contributed by atoms with Gasteiger partial charge in [-0.3, -0.25) is 9.59 Å². The standard InChI is InChI=1S/C24H31FN4O3/c1-4-16-20-18(11-24(2,3)12-19(20)31)29(28-16)17-10-9-15(23(26)32)22(21(17)25)27-13-5-7-14(30)8-6-13/h9-10,13-14,27,30H,4-8,11-12H2,1-3H3,(H2,26,32). The van der Waals surface area contributed by atoms with E-state index in [1.165, 1.54) is 16.8 Å². The molecule has 1 amide bonds. The zero-order valence-electron chi connectivity index (χ0n) is 18.9. The molecule has 172 valence electrons. The number of hydrogen-bond acceptors (Lipinski definition) is 5. The third kappa shape index (κ3) is 4.03. The summed E-state index contributed by atoms with van der Waals surface area (Å²) in [6, 6.07) is 2.94. The summed E-state index contributed by atoms with van der Waals surface area (Å²) in [5.74, 6) is -1.30. The van der Waals surface area contributed by atoms with Gasteiger partial charge in [0.05, 0.1) is 34.3 Å². The van der Waals surface area contributed by atoms with E-state index in [1.807, 2.05) is 20.8 Å². The summed E-state index contributed by atoms with van der Waals surface area (Å²) in [4.78, 5) is 24.9. The van der Waals surface area contributed by atoms with Crippen LogP contribution in [0.4, 0.5) is 10.1 Å². The molecule has 1 fully saturated rings. The summed E-state index contributed by atoms with van der Waals surface area (Å²) >= 11 is 0. The van der Waals surface area contributed by atoms with Gasteiger partial charge in [-0.05, 0) is 56.1 Å². The number of aromatic nitrogens is 2. The second-order valence-electron chi connectivity index (χ2n) is 9.81. The number of halogens is 1. The maximum Gasteiger partial charge on any atom is 0.250 e. The molecule has 1 aromatic heterocycles. The first-order chi connectivity index (χ1) is 15.1. The number of aliphatic hydroxyl groups is 1. The Balaban J connectivity index is 1.82. The van der Waals surface area contributed by atoms with Crippen molar-refractivity contribution in [2.75, 3.05) is 5.32 Å². The minimum absolute atomic E-state index is 0.0348. The molecule has 0 bridgehead atoms. The molecule has 7 nitrogen and oxygen atoms in total. The van der Waals surface area contributed by atoms with Gasteiger partial charge in [0.25, 0.3) is 5.91 Å². The van der Waals surface area contributed by atoms with Gasteiger partial charge in [0, 0.05) is 12.5 Å². The van der Waals surface area contributed by atoms with E-state index < -0.39 is 11.7 Å². The number of rotatable bonds is 5. The lowest BCUT2D eigenvalue weighted by molar-refractivity contribution is 0.0909. The van der Waals surface area contributed by atoms with Gasteiger partial charge in [-0.15, -0.1) is 0 Å². The molecule has 8 heteroatoms. The van der Waals surface area contributed by atoms with Crippen LogP contribution in [-0.2, 0) is 12.8 Å². The van der Waals surface area contributed by atoms with Crippen molar-refractivity contribution in [1.29, 1.82) is 0 Å². The predicted octanol–water partition coefficient (Wildman–Crippen LogP) is 3.54. The van der Waals surface area contributed by atoms with Crippen molar-refractivity contribution in [2.45, 2.75) is 77.9 Å². The average Bonchev–Trinajstić information content (AvgIpc) is 3.08. The van der Waals surface area contributed by atoms with Crippen LogP contribution < -0.4 is 11.1 Å². The summed E-state index contributed by atoms with van der Waals surface area (Å²) in [5.41, 5.74) is 7.58. The van der Waals surface area contributed by atoms with Crippen LogP contribution in [-0.4, -0.2) is 38.7 Å². The highest BCUT2D eigenvalue weighted by Gasteiger charge is 2.37. The van der Waals surface area contributed by atoms with Gasteiger partial charge in [0.1, 0.15) is 5.69 Å². The van der Waals surface area contributed by atoms with E-state index in [9.17, 15) is 14.7 Å². The first-order valence-corrected chi connectivity index (χ1v) is 11.3. The molecule has 1 aromatic carbocycles. The Morgan fingerprint density at radius 2 is 1.97 bits per heavy atom. The number of ketones is 1. The van der Waals surface area contributed by atoms with Crippen LogP contribution in [0.15, 0.2) is 12.1 Å². The number of fused-ring (bicyclic) bond motifs is 1. The Kier molecular flexibility index (Phi) is 5.83. The van der Waals surface area contributed by atoms with Crippen molar-refractivity contribution >= 4 is 17.4 Å². The van der Waals surface area contributed by atoms with E-state index in [4.69, 9.17) is 5.73 Å². The summed E-state index contributed by atoms with van der Waals surface area (Å²) < 4.78 is 17.4. The van der Waals surface area contributed by atoms with Gasteiger partial charge in [-0.1, -0.05) is 20.8 Å². The average molecular weight is 443 g/mol. The molecule has 0 atom stereocenters. The van der Waals surface area contributed by atoms with Gasteiger partial charge in [0.15, 0.2) is 11.6 Å². The fourth-order valence-corrected chi connectivity index (χ4v) is 4.97. The predicted molar refractivity (Wildman–Crippen MR) is 120 cm³/mol. The number of carbonyl (C=O) groups excluding carboxylic acids is 2. The molecule has 1 saturated carbocycles. The largest absolute Gasteiger partial charge is 0.393 e. The van der Waals surface area contributed by atoms with Crippen molar-refractivity contribution in [3.63, 3.8) is 0 Å². The van der Waals surface area contributed by atoms with E-state index >= 15 is 4.39 Å². The van der Waals surface area contributed by atoms with Gasteiger partial charge < -0.3 is 16.2 Å². The highest BCUT2D eigenvalue weighted by Crippen LogP contribution is 2.38. The quantitative estimate of drug-likeness (QED) is 0.656. The number of primary amides is 1. The van der Waals surface area contributed by atoms with E-state index in [0.717, 1.165) is 0 Å². The minimum Gasteiger partial charge on any atom is -0.393 e. The normalized spacial score (nSPS) is 22.5. The number of carbonyl (C=O) groups is 2. The number of Topliss-reactive ketones (excluding diaryl/α,β-unsaturated/α-hetero) is 1. The van der Waals surface area contributed by atoms with Crippen LogP contribution in [0.25, 0.3) is 5.69 Å². The zero-order valence-corrected chi connectivity index (χ0v) is 18.9. The lowest BCUT2D eigenvalue weighted by Crippen LogP contribution is -2.30. The summed E-state index contributed by atoms with van der Waals surface area (Å²) in [5, 5.41) is 17.5. The molecule has 0 unspecified atom stereocenters. The Hall–Kier alpha value is -2.74. The first-order valence-electron chi connectivity index (χ1n) is 11.3. The van der Waals surface area contributed by atoms with Crippen LogP contribution in [0.3, 0.4) is 0 Å². The first kappa shape index (κ1) is 22.5. The maximum absolute atomic E-state index is 15.9. The molecule has 2 aliphatic carbocycles. The Labute approximate surface area is 187 Å². The summed E-state index contributed by atoms with van der Waals surface area (Å²) in [7, 11) is 0. The van der Waals surface area contributed by atoms with Crippen molar-refractivity contribution in [3.05, 3.63) is 40.5 Å². The van der Waals surface area contributed by atoms with Crippen molar-refractivity contribution in [3.8, 4) is 5.69 Å². The maximum atomic E-state index is 15.9. The second-order valence-corrected chi connectivity index (χ2v) is 9.81. The SMILES string of the molecule is CCc1nn(-c2ccc(C(N)=O)c(NC3CCC(O)CC3)c2F)c2c1C(=O)CC(C)(C)C2. The number of benzene rings is 1. The van der Waals surface area contributed by atoms with Gasteiger partial charge in [-0.25, -0.2) is 9.07 Å². The van der Waals surface area contributed by atoms with Gasteiger partial charge >= 0.3 is 0 Å². The molecule has 0 saturated heterocycles. The molecule has 32 heavy (non-hydrogen) atoms. The Bertz CT molecular complexity index is 1070. The van der Waals surface area contributed by atoms with Crippen LogP contribution in [0.1, 0.15) is 85.0 Å². The minimum atomic E-state index is -0.721. The van der Waals surface area contributed by atoms with Crippen molar-refractivity contribution in [2.24, 2.45) is 11.1 Å². The number of nitrogens with two attached hydrogens (primary N) is 1. The van der Waals surface area contributed by atoms with Gasteiger partial charge in [-0.2, -0.15) is 5.10 Å². The van der Waals surface area contributed by atoms with E-state index in [0.29, 0.717) is 61.9 Å². The van der Waals surface area contributed by atoms with Crippen LogP contribution >= 0.6 is 0 Å². The third-order valence-corrected chi connectivity index (χ3v) is 6.61. The fraction of sp³-hybridized carbons (Fsp3) is 0.542. The number of nitrogens with zero attached hydrogens (tertiary/aromatic N) is 2. The number of anilines is 1. The molecule has 2 aliphatic rings. The molecule has 0 radical (unpaired) electrons. The van der Waals surface area contributed by atoms with Crippen LogP contribution in [0, 0.1) is 11.2 Å². The molecule has 4 rings (SSSR count). The number of amides is 1. The van der Waals surface area contributed by atoms with Gasteiger partial charge in [0.2, 0.25) is 0 Å². The van der Waals surface area contributed by atoms with Crippen LogP contribution in [0.5, 0.6) is 0 Å². The van der Waals surface area contributed by atoms with Crippen molar-refractivity contribution < 1.29 is 19.1 Å². The summed E-state index contributed by atoms with van der Waals surface area (Å²) in [6.45, 7) is 5.97. The topological polar surface area (TPSA) is 110 Å². The molecule has 2 aromatic rings. The van der Waals surface area contributed by atoms with E-state index in [2.05, 4.69) is 10.4 Å². The van der Waals surface area contributed by atoms with Crippen molar-refractivity contribution in [1.82, 2.24) is 9.78 Å². The summed E-state index contributed by atoms with van der Waals surface area (Å²) in [6.07, 6.45) is 3.83. The number of aryl methyl sites for hydroxylation is 1. The highest BCUT2D eigenvalue weighted by atomic mass is 19.1. The third-order valence-electron chi connectivity index (χ3n) is 6.61. The molecular formula is C24H31FN4O3.